The number of hydrogen-bond acceptors (Lipinski definition) is 3. The number of carbonyl (C=O) groups excluding carboxylic acids is 1. The van der Waals surface area contributed by atoms with E-state index in [4.69, 9.17) is 9.47 Å². The number of hydrogen-bond donors (Lipinski definition) is 0. The van der Waals surface area contributed by atoms with Crippen LogP contribution in [0.3, 0.4) is 0 Å². The Morgan fingerprint density at radius 1 is 0.852 bits per heavy atom. The van der Waals surface area contributed by atoms with Gasteiger partial charge in [-0.3, -0.25) is 0 Å². The van der Waals surface area contributed by atoms with Crippen molar-refractivity contribution in [3.63, 3.8) is 0 Å². The molecule has 0 N–H and O–H groups in total. The first-order valence-electron chi connectivity index (χ1n) is 8.73. The summed E-state index contributed by atoms with van der Waals surface area (Å²) in [6.45, 7) is 0.369. The molecule has 0 aliphatic rings. The average Bonchev–Trinajstić information content (AvgIpc) is 3.07. The van der Waals surface area contributed by atoms with Crippen molar-refractivity contribution in [2.24, 2.45) is 0 Å². The lowest BCUT2D eigenvalue weighted by molar-refractivity contribution is 0.0586. The van der Waals surface area contributed by atoms with Gasteiger partial charge < -0.3 is 14.0 Å². The van der Waals surface area contributed by atoms with Gasteiger partial charge in [0, 0.05) is 11.1 Å². The average molecular weight is 357 g/mol. The first kappa shape index (κ1) is 16.9. The second kappa shape index (κ2) is 7.38. The van der Waals surface area contributed by atoms with Crippen molar-refractivity contribution < 1.29 is 14.3 Å². The minimum absolute atomic E-state index is 0.369. The molecule has 27 heavy (non-hydrogen) atoms. The van der Waals surface area contributed by atoms with Gasteiger partial charge in [0.15, 0.2) is 11.4 Å². The van der Waals surface area contributed by atoms with Gasteiger partial charge in [0.2, 0.25) is 0 Å². The summed E-state index contributed by atoms with van der Waals surface area (Å²) in [5, 5.41) is 0.873. The zero-order chi connectivity index (χ0) is 18.6. The van der Waals surface area contributed by atoms with Gasteiger partial charge in [-0.15, -0.1) is 0 Å². The van der Waals surface area contributed by atoms with Crippen molar-refractivity contribution >= 4 is 16.9 Å². The Bertz CT molecular complexity index is 1070. The first-order chi connectivity index (χ1) is 13.3. The zero-order valence-corrected chi connectivity index (χ0v) is 15.0. The fourth-order valence-electron chi connectivity index (χ4n) is 3.21. The molecule has 4 nitrogen and oxygen atoms in total. The summed E-state index contributed by atoms with van der Waals surface area (Å²) in [7, 11) is 1.39. The third-order valence-electron chi connectivity index (χ3n) is 4.45. The maximum absolute atomic E-state index is 12.7. The van der Waals surface area contributed by atoms with Gasteiger partial charge in [0.05, 0.1) is 12.6 Å². The fraction of sp³-hybridized carbons (Fsp3) is 0.0870. The molecule has 4 heteroatoms. The summed E-state index contributed by atoms with van der Waals surface area (Å²) in [5.74, 6) is 0.100. The molecule has 0 bridgehead atoms. The lowest BCUT2D eigenvalue weighted by Crippen LogP contribution is -2.11. The van der Waals surface area contributed by atoms with E-state index in [1.807, 2.05) is 89.5 Å². The minimum Gasteiger partial charge on any atom is -0.486 e. The molecule has 0 saturated heterocycles. The second-order valence-electron chi connectivity index (χ2n) is 6.13. The molecule has 1 heterocycles. The van der Waals surface area contributed by atoms with E-state index in [9.17, 15) is 4.79 Å². The lowest BCUT2D eigenvalue weighted by atomic mass is 10.2. The van der Waals surface area contributed by atoms with E-state index in [-0.39, 0.29) is 0 Å². The van der Waals surface area contributed by atoms with Crippen molar-refractivity contribution in [2.75, 3.05) is 7.11 Å². The highest BCUT2D eigenvalue weighted by molar-refractivity contribution is 6.03. The van der Waals surface area contributed by atoms with Crippen LogP contribution in [0.5, 0.6) is 5.75 Å². The maximum atomic E-state index is 12.7. The molecule has 0 radical (unpaired) electrons. The SMILES string of the molecule is COC(=O)c1c(OCc2ccccc2)c2ccccc2n1-c1ccccc1. The second-order valence-corrected chi connectivity index (χ2v) is 6.13. The third-order valence-corrected chi connectivity index (χ3v) is 4.45. The Labute approximate surface area is 157 Å². The molecular weight excluding hydrogens is 338 g/mol. The van der Waals surface area contributed by atoms with E-state index in [1.54, 1.807) is 0 Å². The van der Waals surface area contributed by atoms with Gasteiger partial charge in [0.1, 0.15) is 6.61 Å². The highest BCUT2D eigenvalue weighted by Gasteiger charge is 2.25. The number of carbonyl (C=O) groups is 1. The predicted octanol–water partition coefficient (Wildman–Crippen LogP) is 5.00. The van der Waals surface area contributed by atoms with Crippen LogP contribution in [0.2, 0.25) is 0 Å². The molecule has 0 aliphatic heterocycles. The highest BCUT2D eigenvalue weighted by atomic mass is 16.5. The van der Waals surface area contributed by atoms with Crippen LogP contribution < -0.4 is 4.74 Å². The molecule has 0 unspecified atom stereocenters. The summed E-state index contributed by atoms with van der Waals surface area (Å²) < 4.78 is 13.1. The first-order valence-corrected chi connectivity index (χ1v) is 8.73. The Morgan fingerprint density at radius 2 is 1.48 bits per heavy atom. The number of benzene rings is 3. The number of ether oxygens (including phenoxy) is 2. The topological polar surface area (TPSA) is 40.5 Å². The molecule has 3 aromatic carbocycles. The number of nitrogens with zero attached hydrogens (tertiary/aromatic N) is 1. The number of fused-ring (bicyclic) bond motifs is 1. The predicted molar refractivity (Wildman–Crippen MR) is 105 cm³/mol. The van der Waals surface area contributed by atoms with Crippen molar-refractivity contribution in [2.45, 2.75) is 6.61 Å². The lowest BCUT2D eigenvalue weighted by Gasteiger charge is -2.11. The van der Waals surface area contributed by atoms with E-state index in [0.717, 1.165) is 22.2 Å². The Balaban J connectivity index is 1.90. The van der Waals surface area contributed by atoms with Crippen LogP contribution in [0.1, 0.15) is 16.1 Å². The smallest absolute Gasteiger partial charge is 0.358 e. The van der Waals surface area contributed by atoms with Gasteiger partial charge in [-0.2, -0.15) is 0 Å². The minimum atomic E-state index is -0.432. The van der Waals surface area contributed by atoms with Gasteiger partial charge >= 0.3 is 5.97 Å². The van der Waals surface area contributed by atoms with Crippen molar-refractivity contribution in [3.05, 3.63) is 96.2 Å². The normalized spacial score (nSPS) is 10.7. The number of esters is 1. The quantitative estimate of drug-likeness (QED) is 0.472. The van der Waals surface area contributed by atoms with Gasteiger partial charge in [-0.25, -0.2) is 4.79 Å². The molecule has 134 valence electrons. The van der Waals surface area contributed by atoms with E-state index in [1.165, 1.54) is 7.11 Å². The van der Waals surface area contributed by atoms with Crippen molar-refractivity contribution in [1.82, 2.24) is 4.57 Å². The Morgan fingerprint density at radius 3 is 2.19 bits per heavy atom. The van der Waals surface area contributed by atoms with Gasteiger partial charge in [-0.05, 0) is 29.8 Å². The number of methoxy groups -OCH3 is 1. The van der Waals surface area contributed by atoms with Crippen LogP contribution in [0, 0.1) is 0 Å². The number of rotatable bonds is 5. The Hall–Kier alpha value is -3.53. The summed E-state index contributed by atoms with van der Waals surface area (Å²) in [6, 6.07) is 27.4. The molecule has 0 aliphatic carbocycles. The maximum Gasteiger partial charge on any atom is 0.358 e. The van der Waals surface area contributed by atoms with E-state index in [2.05, 4.69) is 0 Å². The van der Waals surface area contributed by atoms with Gasteiger partial charge in [0.25, 0.3) is 0 Å². The van der Waals surface area contributed by atoms with E-state index < -0.39 is 5.97 Å². The van der Waals surface area contributed by atoms with E-state index in [0.29, 0.717) is 18.1 Å². The molecule has 0 amide bonds. The standard InChI is InChI=1S/C23H19NO3/c1-26-23(25)21-22(27-16-17-10-4-2-5-11-17)19-14-8-9-15-20(19)24(21)18-12-6-3-7-13-18/h2-15H,16H2,1H3. The van der Waals surface area contributed by atoms with E-state index >= 15 is 0 Å². The summed E-state index contributed by atoms with van der Waals surface area (Å²) >= 11 is 0. The molecular formula is C23H19NO3. The summed E-state index contributed by atoms with van der Waals surface area (Å²) in [5.41, 5.74) is 3.20. The molecule has 0 fully saturated rings. The van der Waals surface area contributed by atoms with Crippen molar-refractivity contribution in [1.29, 1.82) is 0 Å². The fourth-order valence-corrected chi connectivity index (χ4v) is 3.21. The molecule has 0 saturated carbocycles. The Kier molecular flexibility index (Phi) is 4.62. The monoisotopic (exact) mass is 357 g/mol. The summed E-state index contributed by atoms with van der Waals surface area (Å²) in [4.78, 5) is 12.7. The zero-order valence-electron chi connectivity index (χ0n) is 15.0. The molecule has 1 aromatic heterocycles. The van der Waals surface area contributed by atoms with Crippen molar-refractivity contribution in [3.8, 4) is 11.4 Å². The molecule has 0 spiro atoms. The molecule has 4 rings (SSSR count). The van der Waals surface area contributed by atoms with Crippen LogP contribution in [0.15, 0.2) is 84.9 Å². The van der Waals surface area contributed by atoms with Crippen LogP contribution in [0.25, 0.3) is 16.6 Å². The summed E-state index contributed by atoms with van der Waals surface area (Å²) in [6.07, 6.45) is 0. The van der Waals surface area contributed by atoms with Gasteiger partial charge in [-0.1, -0.05) is 60.7 Å². The van der Waals surface area contributed by atoms with Crippen LogP contribution in [0.4, 0.5) is 0 Å². The number of aromatic nitrogens is 1. The number of para-hydroxylation sites is 2. The third kappa shape index (κ3) is 3.17. The van der Waals surface area contributed by atoms with Crippen LogP contribution in [-0.2, 0) is 11.3 Å². The highest BCUT2D eigenvalue weighted by Crippen LogP contribution is 2.36. The van der Waals surface area contributed by atoms with Crippen LogP contribution in [-0.4, -0.2) is 17.6 Å². The van der Waals surface area contributed by atoms with Crippen LogP contribution >= 0.6 is 0 Å². The molecule has 4 aromatic rings. The molecule has 0 atom stereocenters. The largest absolute Gasteiger partial charge is 0.486 e.